The van der Waals surface area contributed by atoms with Crippen molar-refractivity contribution in [2.24, 2.45) is 4.99 Å². The lowest BCUT2D eigenvalue weighted by Crippen LogP contribution is -1.89. The van der Waals surface area contributed by atoms with E-state index < -0.39 is 0 Å². The minimum absolute atomic E-state index is 1.08. The van der Waals surface area contributed by atoms with E-state index in [0.29, 0.717) is 0 Å². The highest BCUT2D eigenvalue weighted by atomic mass is 14.6. The van der Waals surface area contributed by atoms with E-state index in [1.165, 1.54) is 27.9 Å². The van der Waals surface area contributed by atoms with E-state index in [1.54, 1.807) is 0 Å². The van der Waals surface area contributed by atoms with Crippen molar-refractivity contribution in [1.29, 1.82) is 0 Å². The molecule has 0 saturated heterocycles. The summed E-state index contributed by atoms with van der Waals surface area (Å²) in [4.78, 5) is 4.07. The predicted molar refractivity (Wildman–Crippen MR) is 73.0 cm³/mol. The zero-order valence-electron chi connectivity index (χ0n) is 11.0. The maximum absolute atomic E-state index is 4.07. The van der Waals surface area contributed by atoms with Gasteiger partial charge in [0.25, 0.3) is 0 Å². The molecule has 0 unspecified atom stereocenters. The Morgan fingerprint density at radius 2 is 2.06 bits per heavy atom. The van der Waals surface area contributed by atoms with Gasteiger partial charge in [-0.3, -0.25) is 4.99 Å². The van der Waals surface area contributed by atoms with Crippen molar-refractivity contribution in [1.82, 2.24) is 0 Å². The second-order valence-electron chi connectivity index (χ2n) is 4.29. The van der Waals surface area contributed by atoms with Crippen LogP contribution in [0, 0.1) is 0 Å². The summed E-state index contributed by atoms with van der Waals surface area (Å²) in [7, 11) is 1.81. The smallest absolute Gasteiger partial charge is 0.0277 e. The summed E-state index contributed by atoms with van der Waals surface area (Å²) in [5.41, 5.74) is 6.81. The highest BCUT2D eigenvalue weighted by Gasteiger charge is 2.12. The monoisotopic (exact) mass is 215 g/mol. The number of rotatable bonds is 3. The average Bonchev–Trinajstić information content (AvgIpc) is 2.59. The Morgan fingerprint density at radius 3 is 2.62 bits per heavy atom. The molecule has 1 aliphatic rings. The maximum Gasteiger partial charge on any atom is 0.0277 e. The predicted octanol–water partition coefficient (Wildman–Crippen LogP) is 4.25. The first-order valence-electron chi connectivity index (χ1n) is 5.73. The van der Waals surface area contributed by atoms with Crippen molar-refractivity contribution in [3.8, 4) is 0 Å². The molecule has 0 heterocycles. The van der Waals surface area contributed by atoms with Crippen molar-refractivity contribution in [3.05, 3.63) is 46.1 Å². The number of allylic oxidation sites excluding steroid dienone is 8. The molecule has 1 nitrogen and oxygen atoms in total. The third kappa shape index (κ3) is 2.82. The number of hydrogen-bond acceptors (Lipinski definition) is 1. The average molecular weight is 215 g/mol. The zero-order chi connectivity index (χ0) is 12.1. The first-order valence-corrected chi connectivity index (χ1v) is 5.73. The van der Waals surface area contributed by atoms with E-state index in [-0.39, 0.29) is 0 Å². The Balaban J connectivity index is 3.05. The first-order chi connectivity index (χ1) is 7.60. The van der Waals surface area contributed by atoms with Crippen LogP contribution < -0.4 is 0 Å². The molecular formula is C15H21N. The minimum Gasteiger partial charge on any atom is -0.296 e. The second-order valence-corrected chi connectivity index (χ2v) is 4.29. The van der Waals surface area contributed by atoms with Crippen LogP contribution in [0.3, 0.4) is 0 Å². The second kappa shape index (κ2) is 5.64. The largest absolute Gasteiger partial charge is 0.296 e. The van der Waals surface area contributed by atoms with Gasteiger partial charge < -0.3 is 0 Å². The fourth-order valence-electron chi connectivity index (χ4n) is 2.01. The van der Waals surface area contributed by atoms with Crippen LogP contribution in [0.2, 0.25) is 0 Å². The van der Waals surface area contributed by atoms with Crippen molar-refractivity contribution < 1.29 is 0 Å². The fraction of sp³-hybridized carbons (Fsp3) is 0.400. The molecule has 0 aliphatic heterocycles. The number of aliphatic imine (C=N–C) groups is 1. The van der Waals surface area contributed by atoms with Crippen molar-refractivity contribution in [2.45, 2.75) is 34.1 Å². The summed E-state index contributed by atoms with van der Waals surface area (Å²) in [6, 6.07) is 0. The quantitative estimate of drug-likeness (QED) is 0.624. The molecule has 0 radical (unpaired) electrons. The van der Waals surface area contributed by atoms with Crippen molar-refractivity contribution in [2.75, 3.05) is 7.05 Å². The molecule has 0 fully saturated rings. The molecule has 0 spiro atoms. The molecule has 0 aromatic carbocycles. The van der Waals surface area contributed by atoms with E-state index in [4.69, 9.17) is 0 Å². The van der Waals surface area contributed by atoms with Gasteiger partial charge in [-0.2, -0.15) is 0 Å². The van der Waals surface area contributed by atoms with Gasteiger partial charge in [0.15, 0.2) is 0 Å². The molecule has 1 aliphatic carbocycles. The highest BCUT2D eigenvalue weighted by Crippen LogP contribution is 2.31. The zero-order valence-corrected chi connectivity index (χ0v) is 11.0. The Hall–Kier alpha value is -1.37. The van der Waals surface area contributed by atoms with Crippen LogP contribution in [0.15, 0.2) is 51.1 Å². The van der Waals surface area contributed by atoms with Gasteiger partial charge in [0.05, 0.1) is 0 Å². The Bertz CT molecular complexity index is 415. The van der Waals surface area contributed by atoms with Crippen molar-refractivity contribution in [3.63, 3.8) is 0 Å². The van der Waals surface area contributed by atoms with Crippen LogP contribution in [0.5, 0.6) is 0 Å². The summed E-state index contributed by atoms with van der Waals surface area (Å²) >= 11 is 0. The molecule has 0 N–H and O–H groups in total. The molecule has 1 heteroatoms. The number of nitrogens with zero attached hydrogens (tertiary/aromatic N) is 1. The molecule has 0 bridgehead atoms. The van der Waals surface area contributed by atoms with E-state index in [1.807, 2.05) is 13.3 Å². The molecule has 0 amide bonds. The van der Waals surface area contributed by atoms with Gasteiger partial charge in [0.1, 0.15) is 0 Å². The van der Waals surface area contributed by atoms with E-state index in [0.717, 1.165) is 6.42 Å². The van der Waals surface area contributed by atoms with Gasteiger partial charge in [-0.05, 0) is 56.4 Å². The minimum atomic E-state index is 1.08. The molecule has 0 aromatic heterocycles. The summed E-state index contributed by atoms with van der Waals surface area (Å²) in [5, 5.41) is 0. The highest BCUT2D eigenvalue weighted by molar-refractivity contribution is 5.80. The molecule has 0 atom stereocenters. The summed E-state index contributed by atoms with van der Waals surface area (Å²) in [6.45, 7) is 8.56. The number of hydrogen-bond donors (Lipinski definition) is 0. The van der Waals surface area contributed by atoms with Gasteiger partial charge in [-0.15, -0.1) is 0 Å². The van der Waals surface area contributed by atoms with E-state index >= 15 is 0 Å². The maximum atomic E-state index is 4.07. The SMILES string of the molecule is C/C=C/C1=CC(/C(C)=C(\C)C=NC)=C(C)C1. The molecule has 1 rings (SSSR count). The molecular weight excluding hydrogens is 194 g/mol. The standard InChI is InChI=1S/C15H21N/c1-6-7-14-8-11(2)15(9-14)13(4)12(3)10-16-5/h6-7,9-10H,8H2,1-5H3/b7-6+,13-12+,16-10?. The Kier molecular flexibility index (Phi) is 4.48. The first kappa shape index (κ1) is 12.7. The summed E-state index contributed by atoms with van der Waals surface area (Å²) < 4.78 is 0. The van der Waals surface area contributed by atoms with Gasteiger partial charge in [0, 0.05) is 13.3 Å². The fourth-order valence-corrected chi connectivity index (χ4v) is 2.01. The topological polar surface area (TPSA) is 12.4 Å². The van der Waals surface area contributed by atoms with E-state index in [9.17, 15) is 0 Å². The van der Waals surface area contributed by atoms with Crippen LogP contribution in [-0.4, -0.2) is 13.3 Å². The van der Waals surface area contributed by atoms with Gasteiger partial charge in [-0.25, -0.2) is 0 Å². The third-order valence-electron chi connectivity index (χ3n) is 2.96. The van der Waals surface area contributed by atoms with Gasteiger partial charge in [-0.1, -0.05) is 23.8 Å². The van der Waals surface area contributed by atoms with Crippen LogP contribution in [-0.2, 0) is 0 Å². The lowest BCUT2D eigenvalue weighted by molar-refractivity contribution is 1.17. The van der Waals surface area contributed by atoms with Crippen molar-refractivity contribution >= 4 is 6.21 Å². The Morgan fingerprint density at radius 1 is 1.38 bits per heavy atom. The Labute approximate surface area is 99.0 Å². The molecule has 86 valence electrons. The molecule has 0 aromatic rings. The van der Waals surface area contributed by atoms with Gasteiger partial charge in [0.2, 0.25) is 0 Å². The lowest BCUT2D eigenvalue weighted by atomic mass is 10.0. The van der Waals surface area contributed by atoms with E-state index in [2.05, 4.69) is 50.9 Å². The van der Waals surface area contributed by atoms with Crippen LogP contribution in [0.4, 0.5) is 0 Å². The summed E-state index contributed by atoms with van der Waals surface area (Å²) in [6.07, 6.45) is 9.58. The lowest BCUT2D eigenvalue weighted by Gasteiger charge is -2.05. The molecule has 0 saturated carbocycles. The molecule has 16 heavy (non-hydrogen) atoms. The van der Waals surface area contributed by atoms with Crippen LogP contribution >= 0.6 is 0 Å². The third-order valence-corrected chi connectivity index (χ3v) is 2.96. The van der Waals surface area contributed by atoms with Crippen LogP contribution in [0.25, 0.3) is 0 Å². The van der Waals surface area contributed by atoms with Crippen LogP contribution in [0.1, 0.15) is 34.1 Å². The normalized spacial score (nSPS) is 18.7. The summed E-state index contributed by atoms with van der Waals surface area (Å²) in [5.74, 6) is 0. The van der Waals surface area contributed by atoms with Gasteiger partial charge >= 0.3 is 0 Å².